The summed E-state index contributed by atoms with van der Waals surface area (Å²) in [6.07, 6.45) is 4.37. The van der Waals surface area contributed by atoms with Gasteiger partial charge in [-0.05, 0) is 57.2 Å². The third-order valence-corrected chi connectivity index (χ3v) is 5.16. The first kappa shape index (κ1) is 15.6. The van der Waals surface area contributed by atoms with Crippen LogP contribution in [0.2, 0.25) is 0 Å². The Morgan fingerprint density at radius 1 is 1.29 bits per heavy atom. The molecule has 0 bridgehead atoms. The topological polar surface area (TPSA) is 42.4 Å². The largest absolute Gasteiger partial charge is 0.375 e. The fourth-order valence-electron chi connectivity index (χ4n) is 3.94. The zero-order valence-corrected chi connectivity index (χ0v) is 14.5. The Morgan fingerprint density at radius 3 is 2.96 bits per heavy atom. The highest BCUT2D eigenvalue weighted by atomic mass is 16.5. The Balaban J connectivity index is 1.88. The van der Waals surface area contributed by atoms with Gasteiger partial charge in [-0.25, -0.2) is 0 Å². The van der Waals surface area contributed by atoms with Crippen LogP contribution >= 0.6 is 0 Å². The highest BCUT2D eigenvalue weighted by Gasteiger charge is 2.28. The smallest absolute Gasteiger partial charge is 0.255 e. The van der Waals surface area contributed by atoms with E-state index in [1.165, 1.54) is 17.5 Å². The Labute approximate surface area is 142 Å². The van der Waals surface area contributed by atoms with Crippen LogP contribution < -0.4 is 0 Å². The Hall–Kier alpha value is -1.94. The molecule has 4 heteroatoms. The number of ether oxygens (including phenoxy) is 1. The van der Waals surface area contributed by atoms with Gasteiger partial charge in [-0.2, -0.15) is 0 Å². The minimum absolute atomic E-state index is 0.105. The summed E-state index contributed by atoms with van der Waals surface area (Å²) in [7, 11) is 0. The summed E-state index contributed by atoms with van der Waals surface area (Å²) in [4.78, 5) is 20.2. The summed E-state index contributed by atoms with van der Waals surface area (Å²) in [6, 6.07) is 6.25. The Morgan fingerprint density at radius 2 is 2.12 bits per heavy atom. The van der Waals surface area contributed by atoms with Crippen LogP contribution in [0.25, 0.3) is 10.9 Å². The highest BCUT2D eigenvalue weighted by Crippen LogP contribution is 2.31. The monoisotopic (exact) mass is 324 g/mol. The summed E-state index contributed by atoms with van der Waals surface area (Å²) in [5.41, 5.74) is 5.33. The number of carbonyl (C=O) groups is 1. The van der Waals surface area contributed by atoms with Crippen molar-refractivity contribution in [3.05, 3.63) is 40.6 Å². The van der Waals surface area contributed by atoms with E-state index in [0.29, 0.717) is 19.7 Å². The molecule has 0 N–H and O–H groups in total. The van der Waals surface area contributed by atoms with Crippen molar-refractivity contribution in [1.82, 2.24) is 9.88 Å². The van der Waals surface area contributed by atoms with Gasteiger partial charge >= 0.3 is 0 Å². The third kappa shape index (κ3) is 2.69. The van der Waals surface area contributed by atoms with Crippen molar-refractivity contribution in [1.29, 1.82) is 0 Å². The van der Waals surface area contributed by atoms with Crippen molar-refractivity contribution in [2.45, 2.75) is 45.6 Å². The molecule has 4 nitrogen and oxygen atoms in total. The molecule has 2 aliphatic rings. The molecule has 2 aromatic rings. The number of hydrogen-bond donors (Lipinski definition) is 0. The molecular weight excluding hydrogens is 300 g/mol. The lowest BCUT2D eigenvalue weighted by molar-refractivity contribution is -0.0124. The maximum Gasteiger partial charge on any atom is 0.255 e. The van der Waals surface area contributed by atoms with Crippen molar-refractivity contribution in [3.8, 4) is 0 Å². The second kappa shape index (κ2) is 6.17. The third-order valence-electron chi connectivity index (χ3n) is 5.16. The number of carbonyl (C=O) groups excluding carboxylic acids is 1. The maximum atomic E-state index is 13.4. The lowest BCUT2D eigenvalue weighted by Crippen LogP contribution is -2.45. The van der Waals surface area contributed by atoms with Gasteiger partial charge in [0, 0.05) is 24.2 Å². The van der Waals surface area contributed by atoms with E-state index in [4.69, 9.17) is 9.72 Å². The number of rotatable bonds is 1. The van der Waals surface area contributed by atoms with E-state index < -0.39 is 0 Å². The summed E-state index contributed by atoms with van der Waals surface area (Å²) in [6.45, 7) is 6.07. The number of nitrogens with zero attached hydrogens (tertiary/aromatic N) is 2. The molecule has 0 saturated carbocycles. The van der Waals surface area contributed by atoms with Crippen molar-refractivity contribution >= 4 is 16.8 Å². The van der Waals surface area contributed by atoms with Crippen molar-refractivity contribution in [2.24, 2.45) is 0 Å². The van der Waals surface area contributed by atoms with Gasteiger partial charge in [0.15, 0.2) is 0 Å². The predicted octanol–water partition coefficient (Wildman–Crippen LogP) is 3.28. The van der Waals surface area contributed by atoms with Gasteiger partial charge < -0.3 is 9.64 Å². The average Bonchev–Trinajstić information content (AvgIpc) is 2.59. The van der Waals surface area contributed by atoms with Crippen LogP contribution in [0, 0.1) is 6.92 Å². The summed E-state index contributed by atoms with van der Waals surface area (Å²) < 4.78 is 5.61. The summed E-state index contributed by atoms with van der Waals surface area (Å²) >= 11 is 0. The van der Waals surface area contributed by atoms with Crippen LogP contribution in [-0.2, 0) is 17.6 Å². The second-order valence-corrected chi connectivity index (χ2v) is 7.07. The second-order valence-electron chi connectivity index (χ2n) is 7.07. The highest BCUT2D eigenvalue weighted by molar-refractivity contribution is 6.08. The Kier molecular flexibility index (Phi) is 4.01. The van der Waals surface area contributed by atoms with Gasteiger partial charge in [0.05, 0.1) is 23.8 Å². The standard InChI is InChI=1S/C20H24N2O2/c1-13-7-8-18-16(11-13)19(15-5-3-4-6-17(15)21-18)20(23)22-9-10-24-14(2)12-22/h7-8,11,14H,3-6,9-10,12H2,1-2H3/t14-/m0/s1. The van der Waals surface area contributed by atoms with Gasteiger partial charge in [0.1, 0.15) is 0 Å². The van der Waals surface area contributed by atoms with Gasteiger partial charge in [-0.1, -0.05) is 11.6 Å². The van der Waals surface area contributed by atoms with E-state index in [1.807, 2.05) is 11.8 Å². The zero-order chi connectivity index (χ0) is 16.7. The molecule has 4 rings (SSSR count). The first-order valence-corrected chi connectivity index (χ1v) is 8.96. The number of morpholine rings is 1. The summed E-state index contributed by atoms with van der Waals surface area (Å²) in [5, 5.41) is 1.01. The summed E-state index contributed by atoms with van der Waals surface area (Å²) in [5.74, 6) is 0.154. The predicted molar refractivity (Wildman–Crippen MR) is 94.4 cm³/mol. The van der Waals surface area contributed by atoms with Crippen molar-refractivity contribution < 1.29 is 9.53 Å². The quantitative estimate of drug-likeness (QED) is 0.808. The van der Waals surface area contributed by atoms with Crippen LogP contribution in [0.3, 0.4) is 0 Å². The number of aromatic nitrogens is 1. The van der Waals surface area contributed by atoms with Crippen molar-refractivity contribution in [3.63, 3.8) is 0 Å². The molecule has 1 aromatic carbocycles. The fraction of sp³-hybridized carbons (Fsp3) is 0.500. The van der Waals surface area contributed by atoms with E-state index in [-0.39, 0.29) is 12.0 Å². The number of fused-ring (bicyclic) bond motifs is 2. The van der Waals surface area contributed by atoms with Crippen LogP contribution in [0.15, 0.2) is 18.2 Å². The van der Waals surface area contributed by atoms with Crippen LogP contribution in [0.4, 0.5) is 0 Å². The molecule has 24 heavy (non-hydrogen) atoms. The van der Waals surface area contributed by atoms with Crippen LogP contribution in [-0.4, -0.2) is 41.6 Å². The molecular formula is C20H24N2O2. The van der Waals surface area contributed by atoms with Gasteiger partial charge in [0.25, 0.3) is 5.91 Å². The van der Waals surface area contributed by atoms with E-state index >= 15 is 0 Å². The van der Waals surface area contributed by atoms with Crippen LogP contribution in [0.1, 0.15) is 46.9 Å². The van der Waals surface area contributed by atoms with Crippen LogP contribution in [0.5, 0.6) is 0 Å². The number of aryl methyl sites for hydroxylation is 2. The lowest BCUT2D eigenvalue weighted by atomic mass is 9.89. The average molecular weight is 324 g/mol. The van der Waals surface area contributed by atoms with Gasteiger partial charge in [0.2, 0.25) is 0 Å². The molecule has 1 saturated heterocycles. The number of pyridine rings is 1. The van der Waals surface area contributed by atoms with E-state index in [1.54, 1.807) is 0 Å². The molecule has 0 spiro atoms. The molecule has 1 atom stereocenters. The maximum absolute atomic E-state index is 13.4. The molecule has 1 fully saturated rings. The molecule has 1 aromatic heterocycles. The normalized spacial score (nSPS) is 20.9. The minimum Gasteiger partial charge on any atom is -0.375 e. The number of amides is 1. The molecule has 1 amide bonds. The first-order chi connectivity index (χ1) is 11.6. The molecule has 1 aliphatic carbocycles. The zero-order valence-electron chi connectivity index (χ0n) is 14.5. The lowest BCUT2D eigenvalue weighted by Gasteiger charge is -2.32. The Bertz CT molecular complexity index is 800. The number of benzene rings is 1. The van der Waals surface area contributed by atoms with Crippen molar-refractivity contribution in [2.75, 3.05) is 19.7 Å². The van der Waals surface area contributed by atoms with E-state index in [9.17, 15) is 4.79 Å². The molecule has 0 radical (unpaired) electrons. The van der Waals surface area contributed by atoms with Gasteiger partial charge in [-0.3, -0.25) is 9.78 Å². The minimum atomic E-state index is 0.105. The van der Waals surface area contributed by atoms with E-state index in [2.05, 4.69) is 25.1 Å². The van der Waals surface area contributed by atoms with E-state index in [0.717, 1.165) is 41.4 Å². The molecule has 0 unspecified atom stereocenters. The number of hydrogen-bond acceptors (Lipinski definition) is 3. The SMILES string of the molecule is Cc1ccc2nc3c(c(C(=O)N4CCO[C@@H](C)C4)c2c1)CCCC3. The molecule has 2 heterocycles. The van der Waals surface area contributed by atoms with Gasteiger partial charge in [-0.15, -0.1) is 0 Å². The fourth-order valence-corrected chi connectivity index (χ4v) is 3.94. The first-order valence-electron chi connectivity index (χ1n) is 8.96. The molecule has 1 aliphatic heterocycles. The molecule has 126 valence electrons.